The highest BCUT2D eigenvalue weighted by Crippen LogP contribution is 2.17. The lowest BCUT2D eigenvalue weighted by molar-refractivity contribution is 0.168. The van der Waals surface area contributed by atoms with Crippen LogP contribution in [0, 0.1) is 0 Å². The summed E-state index contributed by atoms with van der Waals surface area (Å²) < 4.78 is 4.84. The third-order valence-electron chi connectivity index (χ3n) is 3.05. The van der Waals surface area contributed by atoms with E-state index in [4.69, 9.17) is 4.74 Å². The Morgan fingerprint density at radius 3 is 2.10 bits per heavy atom. The number of carbonyl (C=O) groups is 1. The molecule has 1 amide bonds. The van der Waals surface area contributed by atoms with Crippen molar-refractivity contribution in [1.82, 2.24) is 0 Å². The summed E-state index contributed by atoms with van der Waals surface area (Å²) in [5, 5.41) is 6.23. The number of ether oxygens (including phenoxy) is 1. The normalized spacial score (nSPS) is 10.4. The molecule has 0 aliphatic carbocycles. The van der Waals surface area contributed by atoms with Gasteiger partial charge in [0.2, 0.25) is 0 Å². The molecule has 0 bridgehead atoms. The molecule has 0 heterocycles. The summed E-state index contributed by atoms with van der Waals surface area (Å²) in [5.74, 6) is 0. The van der Waals surface area contributed by atoms with Crippen LogP contribution in [0.3, 0.4) is 0 Å². The van der Waals surface area contributed by atoms with Crippen molar-refractivity contribution in [2.24, 2.45) is 0 Å². The number of rotatable bonds is 8. The second-order valence-electron chi connectivity index (χ2n) is 4.84. The molecule has 4 nitrogen and oxygen atoms in total. The van der Waals surface area contributed by atoms with Gasteiger partial charge in [0.1, 0.15) is 0 Å². The van der Waals surface area contributed by atoms with Gasteiger partial charge in [-0.25, -0.2) is 4.79 Å². The van der Waals surface area contributed by atoms with Crippen molar-refractivity contribution in [3.05, 3.63) is 24.3 Å². The number of hydrogen-bond donors (Lipinski definition) is 2. The SMILES string of the molecule is CCCC(CCC)Nc1ccc(NC(=O)OCC)cc1. The molecule has 0 fully saturated rings. The largest absolute Gasteiger partial charge is 0.450 e. The first kappa shape index (κ1) is 16.3. The molecule has 0 unspecified atom stereocenters. The van der Waals surface area contributed by atoms with E-state index in [0.29, 0.717) is 12.6 Å². The van der Waals surface area contributed by atoms with E-state index in [-0.39, 0.29) is 0 Å². The molecule has 0 aromatic heterocycles. The van der Waals surface area contributed by atoms with Crippen molar-refractivity contribution < 1.29 is 9.53 Å². The van der Waals surface area contributed by atoms with E-state index in [1.807, 2.05) is 24.3 Å². The fraction of sp³-hybridized carbons (Fsp3) is 0.562. The van der Waals surface area contributed by atoms with Crippen LogP contribution in [0.25, 0.3) is 0 Å². The third-order valence-corrected chi connectivity index (χ3v) is 3.05. The highest BCUT2D eigenvalue weighted by atomic mass is 16.5. The van der Waals surface area contributed by atoms with E-state index < -0.39 is 6.09 Å². The molecule has 0 aliphatic rings. The molecule has 1 aromatic carbocycles. The standard InChI is InChI=1S/C16H26N2O2/c1-4-7-13(8-5-2)17-14-9-11-15(12-10-14)18-16(19)20-6-3/h9-13,17H,4-8H2,1-3H3,(H,18,19). The zero-order valence-electron chi connectivity index (χ0n) is 12.7. The minimum Gasteiger partial charge on any atom is -0.450 e. The first-order chi connectivity index (χ1) is 9.69. The van der Waals surface area contributed by atoms with Crippen molar-refractivity contribution >= 4 is 17.5 Å². The maximum Gasteiger partial charge on any atom is 0.411 e. The van der Waals surface area contributed by atoms with Crippen LogP contribution in [0.15, 0.2) is 24.3 Å². The zero-order valence-corrected chi connectivity index (χ0v) is 12.7. The van der Waals surface area contributed by atoms with Crippen molar-refractivity contribution in [2.75, 3.05) is 17.2 Å². The molecule has 112 valence electrons. The van der Waals surface area contributed by atoms with E-state index in [1.165, 1.54) is 25.7 Å². The quantitative estimate of drug-likeness (QED) is 0.728. The Labute approximate surface area is 121 Å². The predicted molar refractivity (Wildman–Crippen MR) is 84.3 cm³/mol. The lowest BCUT2D eigenvalue weighted by atomic mass is 10.1. The van der Waals surface area contributed by atoms with Crippen LogP contribution >= 0.6 is 0 Å². The van der Waals surface area contributed by atoms with Crippen LogP contribution in [0.4, 0.5) is 16.2 Å². The van der Waals surface area contributed by atoms with Gasteiger partial charge in [0, 0.05) is 17.4 Å². The Morgan fingerprint density at radius 1 is 1.05 bits per heavy atom. The summed E-state index contributed by atoms with van der Waals surface area (Å²) in [6, 6.07) is 8.26. The first-order valence-corrected chi connectivity index (χ1v) is 7.49. The van der Waals surface area contributed by atoms with Crippen LogP contribution in [0.2, 0.25) is 0 Å². The van der Waals surface area contributed by atoms with Crippen molar-refractivity contribution in [2.45, 2.75) is 52.5 Å². The number of benzene rings is 1. The maximum atomic E-state index is 11.3. The van der Waals surface area contributed by atoms with Gasteiger partial charge < -0.3 is 10.1 Å². The minimum atomic E-state index is -0.414. The lowest BCUT2D eigenvalue weighted by Crippen LogP contribution is -2.19. The monoisotopic (exact) mass is 278 g/mol. The molecular weight excluding hydrogens is 252 g/mol. The van der Waals surface area contributed by atoms with Crippen LogP contribution < -0.4 is 10.6 Å². The number of carbonyl (C=O) groups excluding carboxylic acids is 1. The van der Waals surface area contributed by atoms with Crippen molar-refractivity contribution in [1.29, 1.82) is 0 Å². The first-order valence-electron chi connectivity index (χ1n) is 7.49. The highest BCUT2D eigenvalue weighted by molar-refractivity contribution is 5.84. The molecule has 0 spiro atoms. The van der Waals surface area contributed by atoms with Gasteiger partial charge in [0.05, 0.1) is 6.61 Å². The fourth-order valence-electron chi connectivity index (χ4n) is 2.16. The van der Waals surface area contributed by atoms with E-state index in [0.717, 1.165) is 11.4 Å². The smallest absolute Gasteiger partial charge is 0.411 e. The summed E-state index contributed by atoms with van der Waals surface area (Å²) in [6.07, 6.45) is 4.30. The van der Waals surface area contributed by atoms with Gasteiger partial charge in [-0.05, 0) is 44.0 Å². The van der Waals surface area contributed by atoms with Crippen molar-refractivity contribution in [3.8, 4) is 0 Å². The van der Waals surface area contributed by atoms with E-state index in [2.05, 4.69) is 24.5 Å². The summed E-state index contributed by atoms with van der Waals surface area (Å²) >= 11 is 0. The highest BCUT2D eigenvalue weighted by Gasteiger charge is 2.07. The molecule has 0 saturated carbocycles. The van der Waals surface area contributed by atoms with E-state index in [1.54, 1.807) is 6.92 Å². The number of anilines is 2. The Bertz CT molecular complexity index is 384. The topological polar surface area (TPSA) is 50.4 Å². The zero-order chi connectivity index (χ0) is 14.8. The predicted octanol–water partition coefficient (Wildman–Crippen LogP) is 4.64. The van der Waals surface area contributed by atoms with Crippen LogP contribution in [0.5, 0.6) is 0 Å². The molecule has 2 N–H and O–H groups in total. The lowest BCUT2D eigenvalue weighted by Gasteiger charge is -2.19. The summed E-state index contributed by atoms with van der Waals surface area (Å²) in [6.45, 7) is 6.57. The maximum absolute atomic E-state index is 11.3. The second-order valence-corrected chi connectivity index (χ2v) is 4.84. The minimum absolute atomic E-state index is 0.376. The fourth-order valence-corrected chi connectivity index (χ4v) is 2.16. The van der Waals surface area contributed by atoms with Gasteiger partial charge in [0.15, 0.2) is 0 Å². The molecule has 0 radical (unpaired) electrons. The molecule has 0 aliphatic heterocycles. The molecule has 20 heavy (non-hydrogen) atoms. The molecule has 0 atom stereocenters. The molecular formula is C16H26N2O2. The van der Waals surface area contributed by atoms with Gasteiger partial charge in [-0.15, -0.1) is 0 Å². The summed E-state index contributed by atoms with van der Waals surface area (Å²) in [4.78, 5) is 11.3. The number of nitrogens with one attached hydrogen (secondary N) is 2. The van der Waals surface area contributed by atoms with Crippen LogP contribution in [-0.2, 0) is 4.74 Å². The van der Waals surface area contributed by atoms with Gasteiger partial charge in [-0.2, -0.15) is 0 Å². The van der Waals surface area contributed by atoms with Gasteiger partial charge in [0.25, 0.3) is 0 Å². The Kier molecular flexibility index (Phi) is 7.55. The average molecular weight is 278 g/mol. The second kappa shape index (κ2) is 9.23. The molecule has 1 aromatic rings. The van der Waals surface area contributed by atoms with Gasteiger partial charge in [-0.1, -0.05) is 26.7 Å². The van der Waals surface area contributed by atoms with Gasteiger partial charge in [-0.3, -0.25) is 5.32 Å². The average Bonchev–Trinajstić information content (AvgIpc) is 2.42. The molecule has 1 rings (SSSR count). The van der Waals surface area contributed by atoms with E-state index >= 15 is 0 Å². The Hall–Kier alpha value is -1.71. The van der Waals surface area contributed by atoms with Crippen LogP contribution in [-0.4, -0.2) is 18.7 Å². The molecule has 4 heteroatoms. The number of hydrogen-bond acceptors (Lipinski definition) is 3. The molecule has 0 saturated heterocycles. The summed E-state index contributed by atoms with van der Waals surface area (Å²) in [5.41, 5.74) is 1.84. The van der Waals surface area contributed by atoms with Crippen LogP contribution in [0.1, 0.15) is 46.5 Å². The van der Waals surface area contributed by atoms with E-state index in [9.17, 15) is 4.79 Å². The summed E-state index contributed by atoms with van der Waals surface area (Å²) in [7, 11) is 0. The van der Waals surface area contributed by atoms with Crippen molar-refractivity contribution in [3.63, 3.8) is 0 Å². The number of amides is 1. The third kappa shape index (κ3) is 5.95. The Balaban J connectivity index is 2.54. The van der Waals surface area contributed by atoms with Gasteiger partial charge >= 0.3 is 6.09 Å². The Morgan fingerprint density at radius 2 is 1.60 bits per heavy atom.